The quantitative estimate of drug-likeness (QED) is 0.513. The molecule has 6 nitrogen and oxygen atoms in total. The molecule has 0 saturated heterocycles. The van der Waals surface area contributed by atoms with E-state index in [1.807, 2.05) is 24.3 Å². The van der Waals surface area contributed by atoms with Gasteiger partial charge in [0.15, 0.2) is 0 Å². The van der Waals surface area contributed by atoms with Crippen LogP contribution in [0.4, 0.5) is 5.82 Å². The summed E-state index contributed by atoms with van der Waals surface area (Å²) in [7, 11) is 0. The fourth-order valence-corrected chi connectivity index (χ4v) is 2.96. The predicted molar refractivity (Wildman–Crippen MR) is 101 cm³/mol. The molecule has 0 aliphatic carbocycles. The van der Waals surface area contributed by atoms with Crippen molar-refractivity contribution in [2.24, 2.45) is 0 Å². The summed E-state index contributed by atoms with van der Waals surface area (Å²) in [6, 6.07) is 14.3. The first-order chi connectivity index (χ1) is 12.7. The molecule has 0 unspecified atom stereocenters. The van der Waals surface area contributed by atoms with E-state index >= 15 is 0 Å². The van der Waals surface area contributed by atoms with Gasteiger partial charge in [0.25, 0.3) is 0 Å². The van der Waals surface area contributed by atoms with Crippen LogP contribution < -0.4 is 10.5 Å². The number of aryl methyl sites for hydroxylation is 1. The topological polar surface area (TPSA) is 97.0 Å². The van der Waals surface area contributed by atoms with Gasteiger partial charge in [-0.05, 0) is 60.5 Å². The van der Waals surface area contributed by atoms with Gasteiger partial charge in [0.05, 0.1) is 16.6 Å². The number of aromatic amines is 1. The van der Waals surface area contributed by atoms with Crippen molar-refractivity contribution in [2.45, 2.75) is 13.3 Å². The van der Waals surface area contributed by atoms with Crippen LogP contribution in [-0.4, -0.2) is 20.1 Å². The minimum Gasteiger partial charge on any atom is -0.508 e. The summed E-state index contributed by atoms with van der Waals surface area (Å²) in [5, 5.41) is 10.2. The highest BCUT2D eigenvalue weighted by Gasteiger charge is 2.15. The SMILES string of the molecule is CCc1[nH]c(-c2ccc(Oc3ccc(O)cc3)cc2)c2c(N)ncnc12. The molecular formula is C20H18N4O2. The first-order valence-electron chi connectivity index (χ1n) is 8.34. The zero-order valence-corrected chi connectivity index (χ0v) is 14.2. The van der Waals surface area contributed by atoms with Crippen LogP contribution in [0.15, 0.2) is 54.9 Å². The monoisotopic (exact) mass is 346 g/mol. The van der Waals surface area contributed by atoms with Crippen molar-refractivity contribution in [1.29, 1.82) is 0 Å². The lowest BCUT2D eigenvalue weighted by Crippen LogP contribution is -1.93. The van der Waals surface area contributed by atoms with Crippen molar-refractivity contribution in [3.63, 3.8) is 0 Å². The van der Waals surface area contributed by atoms with Crippen LogP contribution in [0, 0.1) is 0 Å². The van der Waals surface area contributed by atoms with Gasteiger partial charge < -0.3 is 20.6 Å². The number of anilines is 1. The van der Waals surface area contributed by atoms with Crippen LogP contribution in [-0.2, 0) is 6.42 Å². The summed E-state index contributed by atoms with van der Waals surface area (Å²) < 4.78 is 5.79. The number of aromatic nitrogens is 3. The number of rotatable bonds is 4. The van der Waals surface area contributed by atoms with Crippen LogP contribution in [0.2, 0.25) is 0 Å². The number of phenolic OH excluding ortho intramolecular Hbond substituents is 1. The normalized spacial score (nSPS) is 11.0. The van der Waals surface area contributed by atoms with Crippen molar-refractivity contribution in [1.82, 2.24) is 15.0 Å². The molecule has 2 aromatic carbocycles. The second-order valence-corrected chi connectivity index (χ2v) is 5.93. The van der Waals surface area contributed by atoms with E-state index in [1.165, 1.54) is 6.33 Å². The van der Waals surface area contributed by atoms with E-state index in [2.05, 4.69) is 21.9 Å². The van der Waals surface area contributed by atoms with Crippen molar-refractivity contribution >= 4 is 16.7 Å². The van der Waals surface area contributed by atoms with Gasteiger partial charge in [0.1, 0.15) is 29.4 Å². The maximum atomic E-state index is 9.34. The molecule has 0 fully saturated rings. The van der Waals surface area contributed by atoms with Gasteiger partial charge in [-0.15, -0.1) is 0 Å². The Morgan fingerprint density at radius 3 is 2.31 bits per heavy atom. The summed E-state index contributed by atoms with van der Waals surface area (Å²) in [6.45, 7) is 2.07. The lowest BCUT2D eigenvalue weighted by atomic mass is 10.1. The molecule has 2 aromatic heterocycles. The number of nitrogen functional groups attached to an aromatic ring is 1. The zero-order valence-electron chi connectivity index (χ0n) is 14.2. The Kier molecular flexibility index (Phi) is 3.93. The fraction of sp³-hybridized carbons (Fsp3) is 0.100. The molecule has 26 heavy (non-hydrogen) atoms. The molecule has 0 spiro atoms. The Bertz CT molecular complexity index is 1050. The van der Waals surface area contributed by atoms with Gasteiger partial charge >= 0.3 is 0 Å². The van der Waals surface area contributed by atoms with E-state index in [0.717, 1.165) is 34.3 Å². The highest BCUT2D eigenvalue weighted by molar-refractivity contribution is 6.01. The molecule has 0 amide bonds. The van der Waals surface area contributed by atoms with E-state index in [0.29, 0.717) is 17.3 Å². The van der Waals surface area contributed by atoms with Crippen molar-refractivity contribution in [3.05, 3.63) is 60.6 Å². The number of ether oxygens (including phenoxy) is 1. The summed E-state index contributed by atoms with van der Waals surface area (Å²) in [5.74, 6) is 2.03. The second kappa shape index (κ2) is 6.40. The maximum absolute atomic E-state index is 9.34. The first kappa shape index (κ1) is 16.0. The Labute approximate surface area is 150 Å². The largest absolute Gasteiger partial charge is 0.508 e. The molecule has 0 aliphatic heterocycles. The highest BCUT2D eigenvalue weighted by Crippen LogP contribution is 2.34. The molecule has 0 bridgehead atoms. The van der Waals surface area contributed by atoms with E-state index in [1.54, 1.807) is 24.3 Å². The van der Waals surface area contributed by atoms with Crippen molar-refractivity contribution < 1.29 is 9.84 Å². The summed E-state index contributed by atoms with van der Waals surface area (Å²) >= 11 is 0. The average Bonchev–Trinajstić information content (AvgIpc) is 3.04. The average molecular weight is 346 g/mol. The molecule has 4 rings (SSSR count). The number of phenols is 1. The summed E-state index contributed by atoms with van der Waals surface area (Å²) in [6.07, 6.45) is 2.32. The van der Waals surface area contributed by atoms with Crippen LogP contribution in [0.3, 0.4) is 0 Å². The molecule has 4 aromatic rings. The fourth-order valence-electron chi connectivity index (χ4n) is 2.96. The van der Waals surface area contributed by atoms with E-state index in [4.69, 9.17) is 10.5 Å². The maximum Gasteiger partial charge on any atom is 0.136 e. The Morgan fingerprint density at radius 2 is 1.65 bits per heavy atom. The molecule has 6 heteroatoms. The molecule has 4 N–H and O–H groups in total. The van der Waals surface area contributed by atoms with Crippen LogP contribution >= 0.6 is 0 Å². The number of hydrogen-bond acceptors (Lipinski definition) is 5. The number of nitrogens with one attached hydrogen (secondary N) is 1. The first-order valence-corrected chi connectivity index (χ1v) is 8.34. The Morgan fingerprint density at radius 1 is 1.00 bits per heavy atom. The minimum absolute atomic E-state index is 0.206. The van der Waals surface area contributed by atoms with Gasteiger partial charge in [0, 0.05) is 5.69 Å². The lowest BCUT2D eigenvalue weighted by molar-refractivity contribution is 0.464. The summed E-state index contributed by atoms with van der Waals surface area (Å²) in [5.41, 5.74) is 9.88. The predicted octanol–water partition coefficient (Wildman–Crippen LogP) is 4.27. The van der Waals surface area contributed by atoms with Crippen molar-refractivity contribution in [2.75, 3.05) is 5.73 Å². The third kappa shape index (κ3) is 2.82. The third-order valence-electron chi connectivity index (χ3n) is 4.26. The molecule has 0 aliphatic rings. The number of hydrogen-bond donors (Lipinski definition) is 3. The Balaban J connectivity index is 1.69. The van der Waals surface area contributed by atoms with Gasteiger partial charge in [-0.25, -0.2) is 9.97 Å². The van der Waals surface area contributed by atoms with Gasteiger partial charge in [0.2, 0.25) is 0 Å². The minimum atomic E-state index is 0.206. The van der Waals surface area contributed by atoms with Crippen LogP contribution in [0.1, 0.15) is 12.6 Å². The number of aromatic hydroxyl groups is 1. The van der Waals surface area contributed by atoms with E-state index < -0.39 is 0 Å². The zero-order chi connectivity index (χ0) is 18.1. The molecule has 0 radical (unpaired) electrons. The smallest absolute Gasteiger partial charge is 0.136 e. The number of H-pyrrole nitrogens is 1. The van der Waals surface area contributed by atoms with E-state index in [-0.39, 0.29) is 5.75 Å². The van der Waals surface area contributed by atoms with Gasteiger partial charge in [-0.3, -0.25) is 0 Å². The second-order valence-electron chi connectivity index (χ2n) is 5.93. The van der Waals surface area contributed by atoms with Gasteiger partial charge in [-0.2, -0.15) is 0 Å². The number of fused-ring (bicyclic) bond motifs is 1. The van der Waals surface area contributed by atoms with E-state index in [9.17, 15) is 5.11 Å². The molecular weight excluding hydrogens is 328 g/mol. The third-order valence-corrected chi connectivity index (χ3v) is 4.26. The summed E-state index contributed by atoms with van der Waals surface area (Å²) in [4.78, 5) is 11.9. The Hall–Kier alpha value is -3.54. The lowest BCUT2D eigenvalue weighted by Gasteiger charge is -2.07. The van der Waals surface area contributed by atoms with Crippen molar-refractivity contribution in [3.8, 4) is 28.5 Å². The number of nitrogens with two attached hydrogens (primary N) is 1. The molecule has 0 atom stereocenters. The van der Waals surface area contributed by atoms with Crippen LogP contribution in [0.25, 0.3) is 22.2 Å². The van der Waals surface area contributed by atoms with Crippen LogP contribution in [0.5, 0.6) is 17.2 Å². The molecule has 2 heterocycles. The molecule has 130 valence electrons. The molecule has 0 saturated carbocycles. The standard InChI is InChI=1S/C20H18N4O2/c1-2-16-19-17(20(21)23-11-22-19)18(24-16)12-3-7-14(8-4-12)26-15-9-5-13(25)6-10-15/h3-11,24-25H,2H2,1H3,(H2,21,22,23). The number of nitrogens with zero attached hydrogens (tertiary/aromatic N) is 2. The van der Waals surface area contributed by atoms with Gasteiger partial charge in [-0.1, -0.05) is 6.92 Å². The number of benzene rings is 2. The highest BCUT2D eigenvalue weighted by atomic mass is 16.5.